The van der Waals surface area contributed by atoms with E-state index < -0.39 is 0 Å². The number of carbonyl (C=O) groups excluding carboxylic acids is 1. The molecule has 0 fully saturated rings. The van der Waals surface area contributed by atoms with E-state index in [1.807, 2.05) is 49.4 Å². The van der Waals surface area contributed by atoms with Crippen molar-refractivity contribution in [1.29, 1.82) is 0 Å². The molecular weight excluding hydrogens is 350 g/mol. The van der Waals surface area contributed by atoms with Crippen LogP contribution in [0.3, 0.4) is 0 Å². The minimum absolute atomic E-state index is 0.0307. The molecule has 3 heteroatoms. The third-order valence-electron chi connectivity index (χ3n) is 4.75. The van der Waals surface area contributed by atoms with E-state index in [4.69, 9.17) is 0 Å². The predicted octanol–water partition coefficient (Wildman–Crippen LogP) is 6.09. The Morgan fingerprint density at radius 2 is 1.63 bits per heavy atom. The van der Waals surface area contributed by atoms with Crippen molar-refractivity contribution in [2.75, 3.05) is 0 Å². The van der Waals surface area contributed by atoms with Crippen LogP contribution in [0.15, 0.2) is 77.7 Å². The maximum atomic E-state index is 12.9. The van der Waals surface area contributed by atoms with Gasteiger partial charge in [0.15, 0.2) is 0 Å². The predicted molar refractivity (Wildman–Crippen MR) is 114 cm³/mol. The molecule has 27 heavy (non-hydrogen) atoms. The van der Waals surface area contributed by atoms with Crippen LogP contribution in [0, 0.1) is 13.8 Å². The summed E-state index contributed by atoms with van der Waals surface area (Å²) >= 11 is 1.69. The molecule has 1 N–H and O–H groups in total. The summed E-state index contributed by atoms with van der Waals surface area (Å²) in [7, 11) is 0. The van der Waals surface area contributed by atoms with Crippen molar-refractivity contribution in [2.45, 2.75) is 37.5 Å². The van der Waals surface area contributed by atoms with E-state index in [9.17, 15) is 4.79 Å². The summed E-state index contributed by atoms with van der Waals surface area (Å²) in [5.74, 6) is 0.814. The standard InChI is InChI=1S/C24H25NOS/c1-17-13-14-21(15-18(17)2)19(3)25-24(26)22-11-7-8-12-23(22)27-16-20-9-5-4-6-10-20/h4-15,19H,16H2,1-3H3,(H,25,26). The molecule has 0 aromatic heterocycles. The Morgan fingerprint density at radius 3 is 2.37 bits per heavy atom. The van der Waals surface area contributed by atoms with Crippen LogP contribution in [0.1, 0.15) is 45.6 Å². The highest BCUT2D eigenvalue weighted by molar-refractivity contribution is 7.98. The molecule has 3 rings (SSSR count). The molecule has 3 aromatic carbocycles. The number of carbonyl (C=O) groups is 1. The lowest BCUT2D eigenvalue weighted by Gasteiger charge is -2.17. The number of nitrogens with one attached hydrogen (secondary N) is 1. The van der Waals surface area contributed by atoms with Gasteiger partial charge >= 0.3 is 0 Å². The van der Waals surface area contributed by atoms with E-state index in [0.29, 0.717) is 0 Å². The molecule has 3 aromatic rings. The minimum Gasteiger partial charge on any atom is -0.345 e. The number of hydrogen-bond acceptors (Lipinski definition) is 2. The second kappa shape index (κ2) is 8.92. The van der Waals surface area contributed by atoms with Gasteiger partial charge < -0.3 is 5.32 Å². The zero-order valence-corrected chi connectivity index (χ0v) is 16.8. The first-order valence-electron chi connectivity index (χ1n) is 9.18. The Kier molecular flexibility index (Phi) is 6.36. The van der Waals surface area contributed by atoms with Crippen molar-refractivity contribution in [2.24, 2.45) is 0 Å². The highest BCUT2D eigenvalue weighted by Gasteiger charge is 2.15. The number of aryl methyl sites for hydroxylation is 2. The number of amides is 1. The minimum atomic E-state index is -0.0380. The maximum Gasteiger partial charge on any atom is 0.252 e. The maximum absolute atomic E-state index is 12.9. The molecule has 0 aliphatic heterocycles. The van der Waals surface area contributed by atoms with Crippen LogP contribution in [0.5, 0.6) is 0 Å². The molecule has 2 nitrogen and oxygen atoms in total. The highest BCUT2D eigenvalue weighted by Crippen LogP contribution is 2.27. The molecule has 0 saturated carbocycles. The SMILES string of the molecule is Cc1ccc(C(C)NC(=O)c2ccccc2SCc2ccccc2)cc1C. The van der Waals surface area contributed by atoms with Gasteiger partial charge in [0, 0.05) is 10.6 Å². The fourth-order valence-corrected chi connectivity index (χ4v) is 3.91. The lowest BCUT2D eigenvalue weighted by Crippen LogP contribution is -2.27. The van der Waals surface area contributed by atoms with Gasteiger partial charge in [-0.05, 0) is 55.2 Å². The Bertz CT molecular complexity index is 921. The van der Waals surface area contributed by atoms with Crippen molar-refractivity contribution in [3.63, 3.8) is 0 Å². The average molecular weight is 376 g/mol. The zero-order valence-electron chi connectivity index (χ0n) is 16.0. The van der Waals surface area contributed by atoms with Crippen LogP contribution in [0.2, 0.25) is 0 Å². The van der Waals surface area contributed by atoms with Gasteiger partial charge in [0.05, 0.1) is 11.6 Å². The van der Waals surface area contributed by atoms with E-state index in [1.165, 1.54) is 16.7 Å². The van der Waals surface area contributed by atoms with E-state index in [1.54, 1.807) is 11.8 Å². The molecule has 138 valence electrons. The molecule has 1 amide bonds. The van der Waals surface area contributed by atoms with Crippen molar-refractivity contribution in [3.8, 4) is 0 Å². The normalized spacial score (nSPS) is 11.8. The van der Waals surface area contributed by atoms with Crippen LogP contribution < -0.4 is 5.32 Å². The summed E-state index contributed by atoms with van der Waals surface area (Å²) in [6, 6.07) is 24.4. The molecule has 0 heterocycles. The van der Waals surface area contributed by atoms with Gasteiger partial charge in [-0.25, -0.2) is 0 Å². The summed E-state index contributed by atoms with van der Waals surface area (Å²) in [6.07, 6.45) is 0. The van der Waals surface area contributed by atoms with Crippen molar-refractivity contribution < 1.29 is 4.79 Å². The van der Waals surface area contributed by atoms with Crippen molar-refractivity contribution in [1.82, 2.24) is 5.32 Å². The fourth-order valence-electron chi connectivity index (χ4n) is 2.91. The molecule has 1 atom stereocenters. The summed E-state index contributed by atoms with van der Waals surface area (Å²) in [6.45, 7) is 6.23. The van der Waals surface area contributed by atoms with Crippen LogP contribution in [0.4, 0.5) is 0 Å². The lowest BCUT2D eigenvalue weighted by molar-refractivity contribution is 0.0937. The number of benzene rings is 3. The molecule has 0 aliphatic carbocycles. The van der Waals surface area contributed by atoms with E-state index in [2.05, 4.69) is 49.5 Å². The number of thioether (sulfide) groups is 1. The van der Waals surface area contributed by atoms with E-state index in [-0.39, 0.29) is 11.9 Å². The van der Waals surface area contributed by atoms with E-state index in [0.717, 1.165) is 21.8 Å². The quantitative estimate of drug-likeness (QED) is 0.528. The van der Waals surface area contributed by atoms with Gasteiger partial charge in [-0.1, -0.05) is 60.7 Å². The summed E-state index contributed by atoms with van der Waals surface area (Å²) in [5.41, 5.74) is 5.61. The Morgan fingerprint density at radius 1 is 0.926 bits per heavy atom. The van der Waals surface area contributed by atoms with Crippen LogP contribution in [-0.2, 0) is 5.75 Å². The van der Waals surface area contributed by atoms with Crippen molar-refractivity contribution in [3.05, 3.63) is 101 Å². The molecule has 0 saturated heterocycles. The number of hydrogen-bond donors (Lipinski definition) is 1. The van der Waals surface area contributed by atoms with Crippen molar-refractivity contribution >= 4 is 17.7 Å². The molecule has 0 bridgehead atoms. The molecular formula is C24H25NOS. The second-order valence-electron chi connectivity index (χ2n) is 6.81. The molecule has 1 unspecified atom stereocenters. The van der Waals surface area contributed by atoms with E-state index >= 15 is 0 Å². The van der Waals surface area contributed by atoms with Crippen LogP contribution in [0.25, 0.3) is 0 Å². The molecule has 0 radical (unpaired) electrons. The summed E-state index contributed by atoms with van der Waals surface area (Å²) < 4.78 is 0. The summed E-state index contributed by atoms with van der Waals surface area (Å²) in [5, 5.41) is 3.15. The first-order chi connectivity index (χ1) is 13.0. The zero-order chi connectivity index (χ0) is 19.2. The van der Waals surface area contributed by atoms with Gasteiger partial charge in [-0.15, -0.1) is 11.8 Å². The average Bonchev–Trinajstić information content (AvgIpc) is 2.69. The Balaban J connectivity index is 1.71. The number of rotatable bonds is 6. The Hall–Kier alpha value is -2.52. The third kappa shape index (κ3) is 5.01. The summed E-state index contributed by atoms with van der Waals surface area (Å²) in [4.78, 5) is 13.9. The van der Waals surface area contributed by atoms with Gasteiger partial charge in [-0.2, -0.15) is 0 Å². The molecule has 0 aliphatic rings. The first-order valence-corrected chi connectivity index (χ1v) is 10.2. The highest BCUT2D eigenvalue weighted by atomic mass is 32.2. The Labute approximate surface area is 166 Å². The first kappa shape index (κ1) is 19.2. The van der Waals surface area contributed by atoms with Crippen LogP contribution >= 0.6 is 11.8 Å². The topological polar surface area (TPSA) is 29.1 Å². The van der Waals surface area contributed by atoms with Gasteiger partial charge in [0.1, 0.15) is 0 Å². The monoisotopic (exact) mass is 375 g/mol. The second-order valence-corrected chi connectivity index (χ2v) is 7.83. The lowest BCUT2D eigenvalue weighted by atomic mass is 10.0. The third-order valence-corrected chi connectivity index (χ3v) is 5.89. The smallest absolute Gasteiger partial charge is 0.252 e. The van der Waals surface area contributed by atoms with Crippen LogP contribution in [-0.4, -0.2) is 5.91 Å². The molecule has 0 spiro atoms. The van der Waals surface area contributed by atoms with Gasteiger partial charge in [0.25, 0.3) is 5.91 Å². The van der Waals surface area contributed by atoms with Gasteiger partial charge in [-0.3, -0.25) is 4.79 Å². The largest absolute Gasteiger partial charge is 0.345 e. The van der Waals surface area contributed by atoms with Gasteiger partial charge in [0.2, 0.25) is 0 Å². The fraction of sp³-hybridized carbons (Fsp3) is 0.208.